The van der Waals surface area contributed by atoms with E-state index in [-0.39, 0.29) is 6.04 Å². The van der Waals surface area contributed by atoms with Gasteiger partial charge in [-0.15, -0.1) is 0 Å². The van der Waals surface area contributed by atoms with E-state index in [9.17, 15) is 0 Å². The molecule has 0 aromatic heterocycles. The van der Waals surface area contributed by atoms with Gasteiger partial charge in [-0.1, -0.05) is 78.7 Å². The Kier molecular flexibility index (Phi) is 8.26. The minimum absolute atomic E-state index is 0.249. The van der Waals surface area contributed by atoms with Crippen molar-refractivity contribution < 1.29 is 0 Å². The Bertz CT molecular complexity index is 1020. The molecular formula is C29H37ClN2. The molecule has 2 aromatic rings. The highest BCUT2D eigenvalue weighted by Gasteiger charge is 2.30. The largest absolute Gasteiger partial charge is 0.371 e. The quantitative estimate of drug-likeness (QED) is 0.404. The number of halogens is 1. The fourth-order valence-corrected chi connectivity index (χ4v) is 4.61. The molecule has 1 saturated heterocycles. The summed E-state index contributed by atoms with van der Waals surface area (Å²) in [6, 6.07) is 15.4. The van der Waals surface area contributed by atoms with E-state index in [1.54, 1.807) is 0 Å². The summed E-state index contributed by atoms with van der Waals surface area (Å²) < 4.78 is 0. The van der Waals surface area contributed by atoms with Crippen LogP contribution in [-0.2, 0) is 6.42 Å². The molecule has 3 rings (SSSR count). The van der Waals surface area contributed by atoms with Crippen LogP contribution in [0.2, 0.25) is 5.02 Å². The second-order valence-corrected chi connectivity index (χ2v) is 9.53. The minimum atomic E-state index is 0.249. The van der Waals surface area contributed by atoms with E-state index in [1.165, 1.54) is 33.5 Å². The first-order valence-corrected chi connectivity index (χ1v) is 12.0. The van der Waals surface area contributed by atoms with Gasteiger partial charge >= 0.3 is 0 Å². The zero-order valence-corrected chi connectivity index (χ0v) is 21.0. The lowest BCUT2D eigenvalue weighted by Gasteiger charge is -2.45. The maximum absolute atomic E-state index is 6.70. The highest BCUT2D eigenvalue weighted by atomic mass is 35.5. The molecule has 2 nitrogen and oxygen atoms in total. The standard InChI is InChI=1S/C29H37ClN2/c1-7-21(2)11-13-24(5)29-20-31(25(6)19-26-10-8-9-22(3)17-26)15-16-32(29)28-14-12-23(4)18-27(28)30/h8-14,17-18,29H,6-7,15-16,19-20H2,1-5H3/b21-11-,24-13+. The second kappa shape index (κ2) is 10.9. The summed E-state index contributed by atoms with van der Waals surface area (Å²) in [5.74, 6) is 0. The van der Waals surface area contributed by atoms with Crippen LogP contribution >= 0.6 is 11.6 Å². The van der Waals surface area contributed by atoms with Crippen molar-refractivity contribution in [3.63, 3.8) is 0 Å². The van der Waals surface area contributed by atoms with Crippen molar-refractivity contribution in [1.82, 2.24) is 4.90 Å². The number of piperazine rings is 1. The maximum atomic E-state index is 6.70. The fourth-order valence-electron chi connectivity index (χ4n) is 4.27. The molecule has 3 heteroatoms. The van der Waals surface area contributed by atoms with Crippen LogP contribution in [0.15, 0.2) is 78.0 Å². The molecule has 1 unspecified atom stereocenters. The van der Waals surface area contributed by atoms with Crippen LogP contribution in [0, 0.1) is 13.8 Å². The van der Waals surface area contributed by atoms with E-state index < -0.39 is 0 Å². The van der Waals surface area contributed by atoms with Gasteiger partial charge in [0.05, 0.1) is 16.8 Å². The molecule has 1 atom stereocenters. The molecule has 0 aliphatic carbocycles. The number of rotatable bonds is 7. The van der Waals surface area contributed by atoms with Crippen LogP contribution in [-0.4, -0.2) is 30.6 Å². The topological polar surface area (TPSA) is 6.48 Å². The Morgan fingerprint density at radius 1 is 1.06 bits per heavy atom. The van der Waals surface area contributed by atoms with Crippen molar-refractivity contribution in [2.75, 3.05) is 24.5 Å². The van der Waals surface area contributed by atoms with Crippen LogP contribution in [0.25, 0.3) is 0 Å². The van der Waals surface area contributed by atoms with E-state index in [1.807, 2.05) is 0 Å². The molecular weight excluding hydrogens is 412 g/mol. The van der Waals surface area contributed by atoms with E-state index in [0.29, 0.717) is 0 Å². The zero-order valence-electron chi connectivity index (χ0n) is 20.3. The summed E-state index contributed by atoms with van der Waals surface area (Å²) in [6.45, 7) is 18.1. The summed E-state index contributed by atoms with van der Waals surface area (Å²) in [5.41, 5.74) is 8.85. The Morgan fingerprint density at radius 3 is 2.50 bits per heavy atom. The lowest BCUT2D eigenvalue weighted by Crippen LogP contribution is -2.53. The average molecular weight is 449 g/mol. The molecule has 1 aliphatic rings. The van der Waals surface area contributed by atoms with Gasteiger partial charge in [0.15, 0.2) is 0 Å². The first-order valence-electron chi connectivity index (χ1n) is 11.6. The molecule has 1 heterocycles. The van der Waals surface area contributed by atoms with Crippen LogP contribution in [0.5, 0.6) is 0 Å². The Hall–Kier alpha value is -2.45. The van der Waals surface area contributed by atoms with Crippen LogP contribution < -0.4 is 4.90 Å². The van der Waals surface area contributed by atoms with Crippen molar-refractivity contribution in [3.05, 3.63) is 99.8 Å². The number of hydrogen-bond donors (Lipinski definition) is 0. The number of allylic oxidation sites excluding steroid dienone is 4. The number of nitrogens with zero attached hydrogens (tertiary/aromatic N) is 2. The molecule has 1 fully saturated rings. The lowest BCUT2D eigenvalue weighted by atomic mass is 9.99. The number of aryl methyl sites for hydroxylation is 2. The van der Waals surface area contributed by atoms with Gasteiger partial charge in [0.2, 0.25) is 0 Å². The second-order valence-electron chi connectivity index (χ2n) is 9.12. The summed E-state index contributed by atoms with van der Waals surface area (Å²) in [6.07, 6.45) is 6.49. The van der Waals surface area contributed by atoms with Gasteiger partial charge in [-0.2, -0.15) is 0 Å². The molecule has 0 N–H and O–H groups in total. The van der Waals surface area contributed by atoms with Crippen LogP contribution in [0.1, 0.15) is 43.9 Å². The maximum Gasteiger partial charge on any atom is 0.0679 e. The van der Waals surface area contributed by atoms with Crippen molar-refractivity contribution in [2.24, 2.45) is 0 Å². The normalized spacial score (nSPS) is 17.6. The molecule has 170 valence electrons. The average Bonchev–Trinajstić information content (AvgIpc) is 2.77. The van der Waals surface area contributed by atoms with E-state index >= 15 is 0 Å². The molecule has 0 saturated carbocycles. The number of hydrogen-bond acceptors (Lipinski definition) is 2. The van der Waals surface area contributed by atoms with E-state index in [2.05, 4.69) is 106 Å². The zero-order chi connectivity index (χ0) is 23.3. The third kappa shape index (κ3) is 6.07. The first-order chi connectivity index (χ1) is 15.3. The number of benzene rings is 2. The number of anilines is 1. The molecule has 1 aliphatic heterocycles. The van der Waals surface area contributed by atoms with E-state index in [0.717, 1.165) is 43.2 Å². The molecule has 32 heavy (non-hydrogen) atoms. The summed E-state index contributed by atoms with van der Waals surface area (Å²) in [7, 11) is 0. The smallest absolute Gasteiger partial charge is 0.0679 e. The Morgan fingerprint density at radius 2 is 1.81 bits per heavy atom. The molecule has 0 amide bonds. The van der Waals surface area contributed by atoms with Crippen LogP contribution in [0.4, 0.5) is 5.69 Å². The van der Waals surface area contributed by atoms with Crippen molar-refractivity contribution in [3.8, 4) is 0 Å². The van der Waals surface area contributed by atoms with Gasteiger partial charge in [-0.05, 0) is 62.9 Å². The van der Waals surface area contributed by atoms with Gasteiger partial charge in [0.1, 0.15) is 0 Å². The molecule has 0 radical (unpaired) electrons. The van der Waals surface area contributed by atoms with Gasteiger partial charge < -0.3 is 9.80 Å². The van der Waals surface area contributed by atoms with Crippen molar-refractivity contribution in [2.45, 2.75) is 53.5 Å². The molecule has 0 bridgehead atoms. The third-order valence-corrected chi connectivity index (χ3v) is 6.75. The summed E-state index contributed by atoms with van der Waals surface area (Å²) in [4.78, 5) is 4.93. The Balaban J connectivity index is 1.86. The summed E-state index contributed by atoms with van der Waals surface area (Å²) >= 11 is 6.70. The minimum Gasteiger partial charge on any atom is -0.371 e. The monoisotopic (exact) mass is 448 g/mol. The lowest BCUT2D eigenvalue weighted by molar-refractivity contribution is 0.286. The van der Waals surface area contributed by atoms with Gasteiger partial charge in [-0.3, -0.25) is 0 Å². The van der Waals surface area contributed by atoms with Crippen LogP contribution in [0.3, 0.4) is 0 Å². The van der Waals surface area contributed by atoms with Gasteiger partial charge in [0.25, 0.3) is 0 Å². The first kappa shape index (κ1) is 24.2. The molecule has 0 spiro atoms. The summed E-state index contributed by atoms with van der Waals surface area (Å²) in [5, 5.41) is 0.829. The highest BCUT2D eigenvalue weighted by molar-refractivity contribution is 6.33. The Labute approximate surface area is 199 Å². The third-order valence-electron chi connectivity index (χ3n) is 6.44. The SMILES string of the molecule is C=C(Cc1cccc(C)c1)N1CCN(c2ccc(C)cc2Cl)C(/C(C)=C/C=C(/C)CC)C1. The predicted molar refractivity (Wildman–Crippen MR) is 141 cm³/mol. The predicted octanol–water partition coefficient (Wildman–Crippen LogP) is 7.51. The van der Waals surface area contributed by atoms with Gasteiger partial charge in [0, 0.05) is 31.8 Å². The fraction of sp³-hybridized carbons (Fsp3) is 0.379. The van der Waals surface area contributed by atoms with Crippen molar-refractivity contribution in [1.29, 1.82) is 0 Å². The van der Waals surface area contributed by atoms with Gasteiger partial charge in [-0.25, -0.2) is 0 Å². The molecule has 2 aromatic carbocycles. The van der Waals surface area contributed by atoms with Crippen molar-refractivity contribution >= 4 is 17.3 Å². The highest BCUT2D eigenvalue weighted by Crippen LogP contribution is 2.33. The van der Waals surface area contributed by atoms with E-state index in [4.69, 9.17) is 11.6 Å².